The molecule has 0 radical (unpaired) electrons. The summed E-state index contributed by atoms with van der Waals surface area (Å²) in [5, 5.41) is 11.4. The highest BCUT2D eigenvalue weighted by Crippen LogP contribution is 2.32. The Kier molecular flexibility index (Phi) is 2.81. The number of nitrogens with zero attached hydrogens (tertiary/aromatic N) is 2. The van der Waals surface area contributed by atoms with Gasteiger partial charge in [0.1, 0.15) is 11.4 Å². The normalized spacial score (nSPS) is 18.7. The molecule has 1 atom stereocenters. The van der Waals surface area contributed by atoms with Crippen LogP contribution in [0.3, 0.4) is 0 Å². The van der Waals surface area contributed by atoms with Crippen molar-refractivity contribution in [1.82, 2.24) is 15.4 Å². The van der Waals surface area contributed by atoms with E-state index in [0.29, 0.717) is 5.92 Å². The van der Waals surface area contributed by atoms with Crippen LogP contribution in [0.1, 0.15) is 19.0 Å². The molecule has 3 nitrogen and oxygen atoms in total. The number of allylic oxidation sites excluding steroid dienone is 4. The Labute approximate surface area is 106 Å². The minimum atomic E-state index is 0.488. The first-order chi connectivity index (χ1) is 8.86. The molecule has 0 amide bonds. The number of benzene rings is 1. The molecular formula is C15H15N3. The van der Waals surface area contributed by atoms with Gasteiger partial charge in [0.05, 0.1) is 0 Å². The maximum atomic E-state index is 4.33. The monoisotopic (exact) mass is 237 g/mol. The molecule has 1 aromatic heterocycles. The number of aromatic nitrogens is 3. The number of rotatable bonds is 2. The molecule has 0 aliphatic heterocycles. The molecule has 1 aromatic carbocycles. The minimum Gasteiger partial charge on any atom is -0.197 e. The number of nitrogens with one attached hydrogen (secondary N) is 1. The van der Waals surface area contributed by atoms with Crippen LogP contribution in [0.4, 0.5) is 0 Å². The van der Waals surface area contributed by atoms with Gasteiger partial charge >= 0.3 is 0 Å². The second-order valence-electron chi connectivity index (χ2n) is 4.57. The lowest BCUT2D eigenvalue weighted by molar-refractivity contribution is 0.753. The Bertz CT molecular complexity index is 593. The molecule has 3 rings (SSSR count). The second-order valence-corrected chi connectivity index (χ2v) is 4.57. The number of aromatic amines is 1. The molecular weight excluding hydrogens is 222 g/mol. The van der Waals surface area contributed by atoms with Gasteiger partial charge in [-0.2, -0.15) is 15.4 Å². The lowest BCUT2D eigenvalue weighted by Gasteiger charge is -2.15. The van der Waals surface area contributed by atoms with Gasteiger partial charge in [-0.15, -0.1) is 0 Å². The van der Waals surface area contributed by atoms with Gasteiger partial charge in [-0.05, 0) is 17.9 Å². The fourth-order valence-electron chi connectivity index (χ4n) is 2.29. The van der Waals surface area contributed by atoms with Gasteiger partial charge in [-0.1, -0.05) is 55.5 Å². The summed E-state index contributed by atoms with van der Waals surface area (Å²) < 4.78 is 0. The van der Waals surface area contributed by atoms with Crippen LogP contribution in [-0.2, 0) is 0 Å². The van der Waals surface area contributed by atoms with Crippen molar-refractivity contribution in [2.45, 2.75) is 13.3 Å². The van der Waals surface area contributed by atoms with Gasteiger partial charge in [-0.25, -0.2) is 0 Å². The van der Waals surface area contributed by atoms with E-state index in [4.69, 9.17) is 0 Å². The first-order valence-corrected chi connectivity index (χ1v) is 6.19. The van der Waals surface area contributed by atoms with Crippen LogP contribution in [0.25, 0.3) is 16.8 Å². The zero-order valence-electron chi connectivity index (χ0n) is 10.3. The van der Waals surface area contributed by atoms with E-state index in [9.17, 15) is 0 Å². The van der Waals surface area contributed by atoms with Crippen molar-refractivity contribution in [2.75, 3.05) is 0 Å². The van der Waals surface area contributed by atoms with E-state index in [-0.39, 0.29) is 0 Å². The zero-order chi connectivity index (χ0) is 12.4. The number of hydrogen-bond donors (Lipinski definition) is 1. The van der Waals surface area contributed by atoms with Gasteiger partial charge in [-0.3, -0.25) is 0 Å². The Hall–Kier alpha value is -2.16. The van der Waals surface area contributed by atoms with E-state index in [2.05, 4.69) is 52.7 Å². The predicted molar refractivity (Wildman–Crippen MR) is 72.7 cm³/mol. The Morgan fingerprint density at radius 3 is 2.67 bits per heavy atom. The second kappa shape index (κ2) is 4.61. The summed E-state index contributed by atoms with van der Waals surface area (Å²) in [5.41, 5.74) is 4.26. The lowest BCUT2D eigenvalue weighted by atomic mass is 9.89. The molecule has 90 valence electrons. The van der Waals surface area contributed by atoms with Crippen molar-refractivity contribution in [1.29, 1.82) is 0 Å². The Balaban J connectivity index is 2.07. The van der Waals surface area contributed by atoms with Crippen LogP contribution in [0, 0.1) is 5.92 Å². The predicted octanol–water partition coefficient (Wildman–Crippen LogP) is 3.45. The van der Waals surface area contributed by atoms with E-state index in [1.165, 1.54) is 5.57 Å². The molecule has 1 aliphatic carbocycles. The number of hydrogen-bond acceptors (Lipinski definition) is 2. The summed E-state index contributed by atoms with van der Waals surface area (Å²) in [5.74, 6) is 0.488. The molecule has 1 heterocycles. The molecule has 0 fully saturated rings. The van der Waals surface area contributed by atoms with Crippen molar-refractivity contribution < 1.29 is 0 Å². The molecule has 0 saturated carbocycles. The standard InChI is InChI=1S/C15H15N3/c1-11-7-5-6-10-13(11)15-14(16-18-17-15)12-8-3-2-4-9-12/h2-6,8-11H,7H2,1H3,(H,16,17,18). The number of H-pyrrole nitrogens is 1. The van der Waals surface area contributed by atoms with Gasteiger partial charge in [0.25, 0.3) is 0 Å². The smallest absolute Gasteiger partial charge is 0.120 e. The van der Waals surface area contributed by atoms with Crippen molar-refractivity contribution in [3.63, 3.8) is 0 Å². The quantitative estimate of drug-likeness (QED) is 0.869. The third-order valence-corrected chi connectivity index (χ3v) is 3.30. The summed E-state index contributed by atoms with van der Waals surface area (Å²) in [7, 11) is 0. The Morgan fingerprint density at radius 1 is 1.11 bits per heavy atom. The van der Waals surface area contributed by atoms with Gasteiger partial charge in [0.15, 0.2) is 0 Å². The van der Waals surface area contributed by atoms with Crippen molar-refractivity contribution >= 4 is 5.57 Å². The van der Waals surface area contributed by atoms with E-state index in [0.717, 1.165) is 23.4 Å². The fourth-order valence-corrected chi connectivity index (χ4v) is 2.29. The highest BCUT2D eigenvalue weighted by atomic mass is 15.3. The molecule has 1 N–H and O–H groups in total. The van der Waals surface area contributed by atoms with E-state index in [1.807, 2.05) is 18.2 Å². The largest absolute Gasteiger partial charge is 0.197 e. The van der Waals surface area contributed by atoms with E-state index < -0.39 is 0 Å². The Morgan fingerprint density at radius 2 is 1.89 bits per heavy atom. The van der Waals surface area contributed by atoms with Crippen molar-refractivity contribution in [3.05, 3.63) is 54.3 Å². The van der Waals surface area contributed by atoms with Gasteiger partial charge in [0, 0.05) is 5.56 Å². The SMILES string of the molecule is CC1CC=CC=C1c1n[nH]nc1-c1ccccc1. The van der Waals surface area contributed by atoms with Gasteiger partial charge in [0.2, 0.25) is 0 Å². The first kappa shape index (κ1) is 11.0. The molecule has 0 saturated heterocycles. The first-order valence-electron chi connectivity index (χ1n) is 6.19. The topological polar surface area (TPSA) is 41.6 Å². The molecule has 0 spiro atoms. The molecule has 2 aromatic rings. The molecule has 0 bridgehead atoms. The lowest BCUT2D eigenvalue weighted by Crippen LogP contribution is -2.02. The molecule has 1 unspecified atom stereocenters. The summed E-state index contributed by atoms with van der Waals surface area (Å²) in [6.45, 7) is 2.22. The van der Waals surface area contributed by atoms with Crippen molar-refractivity contribution in [2.24, 2.45) is 5.92 Å². The van der Waals surface area contributed by atoms with Crippen molar-refractivity contribution in [3.8, 4) is 11.3 Å². The summed E-state index contributed by atoms with van der Waals surface area (Å²) in [6, 6.07) is 10.2. The van der Waals surface area contributed by atoms with E-state index in [1.54, 1.807) is 0 Å². The van der Waals surface area contributed by atoms with Crippen LogP contribution in [0.5, 0.6) is 0 Å². The molecule has 3 heteroatoms. The average molecular weight is 237 g/mol. The fraction of sp³-hybridized carbons (Fsp3) is 0.200. The third-order valence-electron chi connectivity index (χ3n) is 3.30. The van der Waals surface area contributed by atoms with Crippen LogP contribution < -0.4 is 0 Å². The van der Waals surface area contributed by atoms with Crippen LogP contribution in [-0.4, -0.2) is 15.4 Å². The zero-order valence-corrected chi connectivity index (χ0v) is 10.3. The third kappa shape index (κ3) is 1.88. The summed E-state index contributed by atoms with van der Waals surface area (Å²) >= 11 is 0. The summed E-state index contributed by atoms with van der Waals surface area (Å²) in [6.07, 6.45) is 7.49. The van der Waals surface area contributed by atoms with Crippen LogP contribution in [0.2, 0.25) is 0 Å². The van der Waals surface area contributed by atoms with Gasteiger partial charge < -0.3 is 0 Å². The van der Waals surface area contributed by atoms with Crippen LogP contribution >= 0.6 is 0 Å². The molecule has 18 heavy (non-hydrogen) atoms. The highest BCUT2D eigenvalue weighted by Gasteiger charge is 2.19. The van der Waals surface area contributed by atoms with E-state index >= 15 is 0 Å². The average Bonchev–Trinajstić information content (AvgIpc) is 2.89. The van der Waals surface area contributed by atoms with Crippen LogP contribution in [0.15, 0.2) is 48.6 Å². The molecule has 1 aliphatic rings. The maximum absolute atomic E-state index is 4.33. The minimum absolute atomic E-state index is 0.488. The maximum Gasteiger partial charge on any atom is 0.120 e. The highest BCUT2D eigenvalue weighted by molar-refractivity contribution is 5.78. The summed E-state index contributed by atoms with van der Waals surface area (Å²) in [4.78, 5) is 0.